The van der Waals surface area contributed by atoms with Gasteiger partial charge in [-0.1, -0.05) is 76.2 Å². The highest BCUT2D eigenvalue weighted by Crippen LogP contribution is 2.46. The number of anilines is 1. The summed E-state index contributed by atoms with van der Waals surface area (Å²) in [6.45, 7) is 1.56. The molecular weight excluding hydrogens is 680 g/mol. The summed E-state index contributed by atoms with van der Waals surface area (Å²) < 4.78 is 48.2. The van der Waals surface area contributed by atoms with Gasteiger partial charge >= 0.3 is 10.4 Å². The fourth-order valence-corrected chi connectivity index (χ4v) is 8.18. The summed E-state index contributed by atoms with van der Waals surface area (Å²) >= 11 is 10.9. The van der Waals surface area contributed by atoms with Crippen molar-refractivity contribution in [3.8, 4) is 0 Å². The van der Waals surface area contributed by atoms with Crippen LogP contribution in [0.15, 0.2) is 92.9 Å². The Morgan fingerprint density at radius 1 is 1.04 bits per heavy atom. The lowest BCUT2D eigenvalue weighted by Gasteiger charge is -2.20. The molecule has 10 nitrogen and oxygen atoms in total. The van der Waals surface area contributed by atoms with Crippen molar-refractivity contribution >= 4 is 79.4 Å². The number of thiazole rings is 1. The number of para-hydroxylation sites is 2. The molecule has 0 atom stereocenters. The topological polar surface area (TPSA) is 119 Å². The van der Waals surface area contributed by atoms with Crippen LogP contribution < -0.4 is 9.47 Å². The van der Waals surface area contributed by atoms with Crippen LogP contribution in [0, 0.1) is 0 Å². The number of rotatable bonds is 15. The van der Waals surface area contributed by atoms with Gasteiger partial charge in [0.25, 0.3) is 5.01 Å². The number of thioether (sulfide) groups is 1. The third-order valence-corrected chi connectivity index (χ3v) is 10.6. The van der Waals surface area contributed by atoms with E-state index in [1.807, 2.05) is 30.3 Å². The first-order valence-electron chi connectivity index (χ1n) is 14.2. The summed E-state index contributed by atoms with van der Waals surface area (Å²) in [6.07, 6.45) is 12.3. The molecule has 0 bridgehead atoms. The molecule has 2 aliphatic rings. The predicted molar refractivity (Wildman–Crippen MR) is 179 cm³/mol. The Hall–Kier alpha value is -2.21. The molecule has 240 valence electrons. The van der Waals surface area contributed by atoms with Crippen LogP contribution in [0.5, 0.6) is 0 Å². The molecule has 0 saturated heterocycles. The summed E-state index contributed by atoms with van der Waals surface area (Å²) in [4.78, 5) is 3.24. The zero-order valence-corrected chi connectivity index (χ0v) is 28.1. The molecule has 0 amide bonds. The monoisotopic (exact) mass is 711 g/mol. The summed E-state index contributed by atoms with van der Waals surface area (Å²) in [5.74, 6) is 0. The minimum absolute atomic E-state index is 0.109. The Morgan fingerprint density at radius 2 is 1.87 bits per heavy atom. The van der Waals surface area contributed by atoms with Gasteiger partial charge in [0.1, 0.15) is 4.70 Å². The first kappa shape index (κ1) is 34.1. The first-order chi connectivity index (χ1) is 21.8. The van der Waals surface area contributed by atoms with Gasteiger partial charge in [-0.05, 0) is 61.1 Å². The van der Waals surface area contributed by atoms with Gasteiger partial charge in [-0.15, -0.1) is 4.33 Å². The molecule has 5 rings (SSSR count). The molecule has 0 radical (unpaired) electrons. The molecule has 1 aliphatic carbocycles. The van der Waals surface area contributed by atoms with Gasteiger partial charge in [0.05, 0.1) is 23.9 Å². The van der Waals surface area contributed by atoms with E-state index in [4.69, 9.17) is 25.6 Å². The highest BCUT2D eigenvalue weighted by molar-refractivity contribution is 8.03. The number of nitrogens with zero attached hydrogens (tertiary/aromatic N) is 2. The highest BCUT2D eigenvalue weighted by atomic mass is 35.5. The maximum atomic E-state index is 10.9. The van der Waals surface area contributed by atoms with E-state index in [-0.39, 0.29) is 6.61 Å². The van der Waals surface area contributed by atoms with Crippen LogP contribution in [0.25, 0.3) is 16.3 Å². The number of hydrogen-bond acceptors (Lipinski definition) is 11. The van der Waals surface area contributed by atoms with Crippen LogP contribution in [-0.2, 0) is 34.7 Å². The van der Waals surface area contributed by atoms with Crippen LogP contribution in [0.1, 0.15) is 37.1 Å². The standard InChI is InChI=1S/C30H31ClN2O8S4/c31-30-22(14-16-28-32(18-6-20-38-44-41-40-34)24-10-1-3-12-26(24)42-28)8-5-9-23(30)15-17-29-33(19-7-21-39-45(35,36)37)25-11-2-4-13-27(25)43-29/h1-4,10-17H,5-9,18-21H2,(H-,34,35,36,37)/p+1. The SMILES string of the molecule is O=S(=O)(O)OCCCN1/C(=C/C=C2\CCCC(/C=C/c3sc4ccccc4[n+]3CCCOSOOO)=C2Cl)Sc2ccccc21. The van der Waals surface area contributed by atoms with Gasteiger partial charge in [0, 0.05) is 35.0 Å². The van der Waals surface area contributed by atoms with Crippen molar-refractivity contribution in [1.29, 1.82) is 0 Å². The van der Waals surface area contributed by atoms with Crippen LogP contribution in [0.2, 0.25) is 0 Å². The summed E-state index contributed by atoms with van der Waals surface area (Å²) in [5, 5.41) is 14.6. The van der Waals surface area contributed by atoms with E-state index in [1.165, 1.54) is 4.70 Å². The minimum Gasteiger partial charge on any atom is -0.335 e. The number of halogens is 1. The third kappa shape index (κ3) is 9.42. The van der Waals surface area contributed by atoms with Gasteiger partial charge in [-0.2, -0.15) is 13.0 Å². The zero-order valence-electron chi connectivity index (χ0n) is 24.0. The van der Waals surface area contributed by atoms with E-state index < -0.39 is 10.4 Å². The fraction of sp³-hybridized carbons (Fsp3) is 0.300. The smallest absolute Gasteiger partial charge is 0.335 e. The van der Waals surface area contributed by atoms with Crippen molar-refractivity contribution in [3.63, 3.8) is 0 Å². The van der Waals surface area contributed by atoms with Gasteiger partial charge < -0.3 is 4.90 Å². The average Bonchev–Trinajstić information content (AvgIpc) is 3.56. The molecule has 2 N–H and O–H groups in total. The van der Waals surface area contributed by atoms with Crippen molar-refractivity contribution in [3.05, 3.63) is 93.0 Å². The molecular formula is C30H32ClN2O8S4+. The van der Waals surface area contributed by atoms with Crippen LogP contribution in [0.4, 0.5) is 5.69 Å². The number of hydrogen-bond donors (Lipinski definition) is 2. The number of benzene rings is 2. The first-order valence-corrected chi connectivity index (χ1v) is 18.2. The Morgan fingerprint density at radius 3 is 2.71 bits per heavy atom. The molecule has 0 unspecified atom stereocenters. The highest BCUT2D eigenvalue weighted by Gasteiger charge is 2.25. The van der Waals surface area contributed by atoms with Crippen molar-refractivity contribution < 1.29 is 40.5 Å². The van der Waals surface area contributed by atoms with Crippen molar-refractivity contribution in [2.75, 3.05) is 24.7 Å². The Kier molecular flexibility index (Phi) is 12.6. The molecule has 15 heteroatoms. The molecule has 45 heavy (non-hydrogen) atoms. The van der Waals surface area contributed by atoms with E-state index in [0.717, 1.165) is 74.5 Å². The van der Waals surface area contributed by atoms with Gasteiger partial charge in [-0.3, -0.25) is 8.74 Å². The lowest BCUT2D eigenvalue weighted by atomic mass is 9.94. The Bertz CT molecular complexity index is 1720. The lowest BCUT2D eigenvalue weighted by Crippen LogP contribution is -2.35. The van der Waals surface area contributed by atoms with E-state index in [0.29, 0.717) is 31.9 Å². The summed E-state index contributed by atoms with van der Waals surface area (Å²) in [6, 6.07) is 16.3. The molecule has 1 aromatic heterocycles. The van der Waals surface area contributed by atoms with E-state index >= 15 is 0 Å². The Balaban J connectivity index is 1.32. The minimum atomic E-state index is -4.47. The maximum absolute atomic E-state index is 10.9. The molecule has 3 aromatic rings. The fourth-order valence-electron chi connectivity index (χ4n) is 5.10. The second-order valence-corrected chi connectivity index (χ2v) is 14.1. The number of aromatic nitrogens is 1. The molecule has 2 aromatic carbocycles. The van der Waals surface area contributed by atoms with Crippen molar-refractivity contribution in [2.24, 2.45) is 0 Å². The zero-order chi connectivity index (χ0) is 31.6. The van der Waals surface area contributed by atoms with Crippen molar-refractivity contribution in [2.45, 2.75) is 43.5 Å². The van der Waals surface area contributed by atoms with E-state index in [2.05, 4.69) is 65.5 Å². The third-order valence-electron chi connectivity index (χ3n) is 7.06. The molecule has 2 heterocycles. The van der Waals surface area contributed by atoms with Crippen LogP contribution in [0.3, 0.4) is 0 Å². The predicted octanol–water partition coefficient (Wildman–Crippen LogP) is 7.86. The van der Waals surface area contributed by atoms with Crippen molar-refractivity contribution in [1.82, 2.24) is 0 Å². The van der Waals surface area contributed by atoms with Crippen LogP contribution >= 0.6 is 47.0 Å². The van der Waals surface area contributed by atoms with Gasteiger partial charge in [0.15, 0.2) is 18.9 Å². The molecule has 1 aliphatic heterocycles. The summed E-state index contributed by atoms with van der Waals surface area (Å²) in [7, 11) is -4.47. The van der Waals surface area contributed by atoms with Gasteiger partial charge in [-0.25, -0.2) is 9.44 Å². The lowest BCUT2D eigenvalue weighted by molar-refractivity contribution is -0.669. The average molecular weight is 712 g/mol. The van der Waals surface area contributed by atoms with E-state index in [1.54, 1.807) is 23.1 Å². The number of aryl methyl sites for hydroxylation is 1. The normalized spacial score (nSPS) is 17.4. The maximum Gasteiger partial charge on any atom is 0.397 e. The second-order valence-electron chi connectivity index (χ2n) is 9.99. The number of fused-ring (bicyclic) bond motifs is 2. The van der Waals surface area contributed by atoms with Gasteiger partial charge in [0.2, 0.25) is 5.52 Å². The molecule has 0 saturated carbocycles. The van der Waals surface area contributed by atoms with E-state index in [9.17, 15) is 8.42 Å². The Labute approximate surface area is 279 Å². The molecule has 0 spiro atoms. The number of allylic oxidation sites excluding steroid dienone is 6. The summed E-state index contributed by atoms with van der Waals surface area (Å²) in [5.41, 5.74) is 4.33. The quantitative estimate of drug-likeness (QED) is 0.0401. The second kappa shape index (κ2) is 16.6. The largest absolute Gasteiger partial charge is 0.397 e. The molecule has 0 fully saturated rings. The van der Waals surface area contributed by atoms with Crippen LogP contribution in [-0.4, -0.2) is 38.0 Å².